The standard InChI is InChI=1S/C20H21ClN2O6S/c21-16-6-5-14(11-19(16)30(25,26)23-7-9-27-10-8-23)20(24)22-12-15-13-28-17-3-1-2-4-18(17)29-15/h1-6,11,15H,7-10,12-13H2,(H,22,24)/t15-/m1/s1. The molecule has 0 spiro atoms. The summed E-state index contributed by atoms with van der Waals surface area (Å²) in [4.78, 5) is 12.5. The fourth-order valence-corrected chi connectivity index (χ4v) is 5.15. The Labute approximate surface area is 179 Å². The largest absolute Gasteiger partial charge is 0.486 e. The summed E-state index contributed by atoms with van der Waals surface area (Å²) >= 11 is 6.15. The summed E-state index contributed by atoms with van der Waals surface area (Å²) in [5.41, 5.74) is 0.198. The lowest BCUT2D eigenvalue weighted by Crippen LogP contribution is -2.41. The molecule has 2 aromatic carbocycles. The van der Waals surface area contributed by atoms with Gasteiger partial charge >= 0.3 is 0 Å². The number of hydrogen-bond donors (Lipinski definition) is 1. The molecule has 1 fully saturated rings. The van der Waals surface area contributed by atoms with Crippen molar-refractivity contribution >= 4 is 27.5 Å². The summed E-state index contributed by atoms with van der Waals surface area (Å²) in [5.74, 6) is 0.858. The number of para-hydroxylation sites is 2. The van der Waals surface area contributed by atoms with Crippen molar-refractivity contribution in [1.29, 1.82) is 0 Å². The normalized spacial score (nSPS) is 19.3. The number of carbonyl (C=O) groups is 1. The summed E-state index contributed by atoms with van der Waals surface area (Å²) in [6.45, 7) is 1.65. The third-order valence-electron chi connectivity index (χ3n) is 4.84. The van der Waals surface area contributed by atoms with Gasteiger partial charge in [-0.05, 0) is 30.3 Å². The molecule has 160 valence electrons. The van der Waals surface area contributed by atoms with Crippen molar-refractivity contribution in [3.8, 4) is 11.5 Å². The maximum Gasteiger partial charge on any atom is 0.251 e. The number of morpholine rings is 1. The highest BCUT2D eigenvalue weighted by Crippen LogP contribution is 2.31. The number of halogens is 1. The van der Waals surface area contributed by atoms with Gasteiger partial charge in [0.15, 0.2) is 11.5 Å². The van der Waals surface area contributed by atoms with Crippen molar-refractivity contribution in [2.45, 2.75) is 11.0 Å². The van der Waals surface area contributed by atoms with Crippen molar-refractivity contribution in [3.05, 3.63) is 53.1 Å². The van der Waals surface area contributed by atoms with Crippen LogP contribution < -0.4 is 14.8 Å². The number of ether oxygens (including phenoxy) is 3. The summed E-state index contributed by atoms with van der Waals surface area (Å²) < 4.78 is 43.8. The molecule has 2 aliphatic rings. The molecule has 0 aliphatic carbocycles. The zero-order valence-electron chi connectivity index (χ0n) is 16.0. The van der Waals surface area contributed by atoms with E-state index < -0.39 is 15.9 Å². The second-order valence-corrected chi connectivity index (χ2v) is 9.18. The molecule has 2 aromatic rings. The number of benzene rings is 2. The van der Waals surface area contributed by atoms with Crippen LogP contribution in [0.25, 0.3) is 0 Å². The second-order valence-electron chi connectivity index (χ2n) is 6.87. The third kappa shape index (κ3) is 4.39. The zero-order valence-corrected chi connectivity index (χ0v) is 17.6. The van der Waals surface area contributed by atoms with E-state index in [1.54, 1.807) is 6.07 Å². The molecular weight excluding hydrogens is 432 g/mol. The minimum atomic E-state index is -3.82. The molecule has 30 heavy (non-hydrogen) atoms. The molecule has 1 saturated heterocycles. The smallest absolute Gasteiger partial charge is 0.251 e. The molecule has 1 atom stereocenters. The predicted octanol–water partition coefficient (Wildman–Crippen LogP) is 1.93. The lowest BCUT2D eigenvalue weighted by molar-refractivity contribution is 0.0730. The van der Waals surface area contributed by atoms with Crippen LogP contribution in [0.3, 0.4) is 0 Å². The molecule has 8 nitrogen and oxygen atoms in total. The third-order valence-corrected chi connectivity index (χ3v) is 7.22. The van der Waals surface area contributed by atoms with Gasteiger partial charge in [-0.1, -0.05) is 23.7 Å². The first-order valence-corrected chi connectivity index (χ1v) is 11.3. The molecule has 1 amide bonds. The van der Waals surface area contributed by atoms with Crippen LogP contribution in [-0.4, -0.2) is 64.2 Å². The monoisotopic (exact) mass is 452 g/mol. The molecule has 10 heteroatoms. The van der Waals surface area contributed by atoms with E-state index in [-0.39, 0.29) is 41.2 Å². The van der Waals surface area contributed by atoms with Crippen molar-refractivity contribution in [3.63, 3.8) is 0 Å². The molecular formula is C20H21ClN2O6S. The van der Waals surface area contributed by atoms with Gasteiger partial charge in [0.1, 0.15) is 17.6 Å². The summed E-state index contributed by atoms with van der Waals surface area (Å²) in [6.07, 6.45) is -0.354. The minimum absolute atomic E-state index is 0.0682. The Balaban J connectivity index is 1.44. The SMILES string of the molecule is O=C(NC[C@@H]1COc2ccccc2O1)c1ccc(Cl)c(S(=O)(=O)N2CCOCC2)c1. The van der Waals surface area contributed by atoms with Crippen molar-refractivity contribution in [2.75, 3.05) is 39.5 Å². The second kappa shape index (κ2) is 8.81. The van der Waals surface area contributed by atoms with Crippen LogP contribution in [0.1, 0.15) is 10.4 Å². The summed E-state index contributed by atoms with van der Waals surface area (Å²) in [7, 11) is -3.82. The number of nitrogens with zero attached hydrogens (tertiary/aromatic N) is 1. The first-order chi connectivity index (χ1) is 14.4. The topological polar surface area (TPSA) is 94.2 Å². The fourth-order valence-electron chi connectivity index (χ4n) is 3.24. The van der Waals surface area contributed by atoms with E-state index in [1.807, 2.05) is 18.2 Å². The number of carbonyl (C=O) groups excluding carboxylic acids is 1. The Morgan fingerprint density at radius 1 is 1.13 bits per heavy atom. The van der Waals surface area contributed by atoms with Gasteiger partial charge < -0.3 is 19.5 Å². The quantitative estimate of drug-likeness (QED) is 0.745. The van der Waals surface area contributed by atoms with Gasteiger partial charge in [0.2, 0.25) is 10.0 Å². The van der Waals surface area contributed by atoms with Gasteiger partial charge in [0, 0.05) is 18.7 Å². The van der Waals surface area contributed by atoms with Crippen LogP contribution in [0.15, 0.2) is 47.4 Å². The van der Waals surface area contributed by atoms with E-state index in [1.165, 1.54) is 22.5 Å². The Morgan fingerprint density at radius 2 is 1.87 bits per heavy atom. The van der Waals surface area contributed by atoms with Crippen LogP contribution in [0, 0.1) is 0 Å². The van der Waals surface area contributed by atoms with Gasteiger partial charge in [-0.2, -0.15) is 4.31 Å². The number of sulfonamides is 1. The highest BCUT2D eigenvalue weighted by molar-refractivity contribution is 7.89. The van der Waals surface area contributed by atoms with Crippen LogP contribution in [0.4, 0.5) is 0 Å². The lowest BCUT2D eigenvalue weighted by Gasteiger charge is -2.27. The first kappa shape index (κ1) is 20.9. The molecule has 0 saturated carbocycles. The molecule has 1 N–H and O–H groups in total. The Bertz CT molecular complexity index is 1040. The van der Waals surface area contributed by atoms with E-state index in [0.29, 0.717) is 31.3 Å². The van der Waals surface area contributed by atoms with Crippen molar-refractivity contribution in [1.82, 2.24) is 9.62 Å². The maximum absolute atomic E-state index is 12.9. The van der Waals surface area contributed by atoms with Crippen LogP contribution in [0.2, 0.25) is 5.02 Å². The average Bonchev–Trinajstić information content (AvgIpc) is 2.78. The van der Waals surface area contributed by atoms with Crippen LogP contribution in [0.5, 0.6) is 11.5 Å². The van der Waals surface area contributed by atoms with Crippen molar-refractivity contribution in [2.24, 2.45) is 0 Å². The van der Waals surface area contributed by atoms with E-state index in [4.69, 9.17) is 25.8 Å². The summed E-state index contributed by atoms with van der Waals surface area (Å²) in [6, 6.07) is 11.5. The maximum atomic E-state index is 12.9. The molecule has 0 radical (unpaired) electrons. The molecule has 2 heterocycles. The zero-order chi connectivity index (χ0) is 21.1. The highest BCUT2D eigenvalue weighted by Gasteiger charge is 2.29. The van der Waals surface area contributed by atoms with Gasteiger partial charge in [-0.3, -0.25) is 4.79 Å². The van der Waals surface area contributed by atoms with Gasteiger partial charge in [-0.15, -0.1) is 0 Å². The molecule has 4 rings (SSSR count). The lowest BCUT2D eigenvalue weighted by atomic mass is 10.2. The molecule has 2 aliphatic heterocycles. The van der Waals surface area contributed by atoms with E-state index in [2.05, 4.69) is 5.32 Å². The summed E-state index contributed by atoms with van der Waals surface area (Å²) in [5, 5.41) is 2.83. The number of fused-ring (bicyclic) bond motifs is 1. The Morgan fingerprint density at radius 3 is 2.63 bits per heavy atom. The van der Waals surface area contributed by atoms with Gasteiger partial charge in [0.25, 0.3) is 5.91 Å². The number of hydrogen-bond acceptors (Lipinski definition) is 6. The van der Waals surface area contributed by atoms with Gasteiger partial charge in [0.05, 0.1) is 24.8 Å². The molecule has 0 aromatic heterocycles. The van der Waals surface area contributed by atoms with Gasteiger partial charge in [-0.25, -0.2) is 8.42 Å². The number of nitrogens with one attached hydrogen (secondary N) is 1. The average molecular weight is 453 g/mol. The van der Waals surface area contributed by atoms with E-state index in [9.17, 15) is 13.2 Å². The first-order valence-electron chi connectivity index (χ1n) is 9.49. The van der Waals surface area contributed by atoms with Crippen LogP contribution >= 0.6 is 11.6 Å². The number of amides is 1. The van der Waals surface area contributed by atoms with E-state index in [0.717, 1.165) is 0 Å². The molecule has 0 unspecified atom stereocenters. The Hall–Kier alpha value is -2.33. The fraction of sp³-hybridized carbons (Fsp3) is 0.350. The van der Waals surface area contributed by atoms with E-state index >= 15 is 0 Å². The predicted molar refractivity (Wildman–Crippen MR) is 110 cm³/mol. The Kier molecular flexibility index (Phi) is 6.14. The van der Waals surface area contributed by atoms with Crippen LogP contribution in [-0.2, 0) is 14.8 Å². The molecule has 0 bridgehead atoms. The van der Waals surface area contributed by atoms with Crippen molar-refractivity contribution < 1.29 is 27.4 Å². The number of rotatable bonds is 5. The highest BCUT2D eigenvalue weighted by atomic mass is 35.5. The minimum Gasteiger partial charge on any atom is -0.486 e.